The van der Waals surface area contributed by atoms with E-state index in [9.17, 15) is 22.8 Å². The Bertz CT molecular complexity index is 1020. The van der Waals surface area contributed by atoms with Crippen molar-refractivity contribution >= 4 is 11.9 Å². The number of nitrogens with one attached hydrogen (secondary N) is 1. The van der Waals surface area contributed by atoms with Gasteiger partial charge in [0.05, 0.1) is 12.6 Å². The molecule has 1 saturated heterocycles. The number of alkyl halides is 3. The molecule has 3 amide bonds. The third-order valence-electron chi connectivity index (χ3n) is 5.78. The molecule has 0 bridgehead atoms. The summed E-state index contributed by atoms with van der Waals surface area (Å²) in [6, 6.07) is 6.56. The Morgan fingerprint density at radius 1 is 1.24 bits per heavy atom. The van der Waals surface area contributed by atoms with E-state index in [1.165, 1.54) is 24.3 Å². The van der Waals surface area contributed by atoms with Crippen molar-refractivity contribution in [2.45, 2.75) is 50.7 Å². The van der Waals surface area contributed by atoms with E-state index < -0.39 is 13.0 Å². The second-order valence-electron chi connectivity index (χ2n) is 8.35. The van der Waals surface area contributed by atoms with Crippen LogP contribution in [0, 0.1) is 0 Å². The fraction of sp³-hybridized carbons (Fsp3) is 0.500. The van der Waals surface area contributed by atoms with Crippen LogP contribution in [0.4, 0.5) is 18.0 Å². The van der Waals surface area contributed by atoms with Crippen molar-refractivity contribution in [1.82, 2.24) is 20.3 Å². The predicted molar refractivity (Wildman–Crippen MR) is 112 cm³/mol. The number of nitrogens with zero attached hydrogens (tertiary/aromatic N) is 3. The molecule has 2 fully saturated rings. The van der Waals surface area contributed by atoms with Gasteiger partial charge in [-0.25, -0.2) is 4.79 Å². The van der Waals surface area contributed by atoms with Gasteiger partial charge in [0.25, 0.3) is 0 Å². The summed E-state index contributed by atoms with van der Waals surface area (Å²) in [6.45, 7) is 0.457. The van der Waals surface area contributed by atoms with Gasteiger partial charge in [-0.2, -0.15) is 0 Å². The van der Waals surface area contributed by atoms with E-state index in [4.69, 9.17) is 9.63 Å². The number of hydrogen-bond acceptors (Lipinski definition) is 6. The zero-order chi connectivity index (χ0) is 24.3. The quantitative estimate of drug-likeness (QED) is 0.629. The lowest BCUT2D eigenvalue weighted by atomic mass is 10.0. The van der Waals surface area contributed by atoms with Crippen LogP contribution in [0.25, 0.3) is 11.3 Å². The SMILES string of the molecule is O=C(CO)N1CCC[C@@H](N(C(=O)NCc2cc(-c3cccc(OC(F)(F)F)c3)on2)C2CC2)C1. The lowest BCUT2D eigenvalue weighted by Gasteiger charge is -2.39. The van der Waals surface area contributed by atoms with E-state index in [0.29, 0.717) is 24.3 Å². The maximum Gasteiger partial charge on any atom is 0.573 e. The van der Waals surface area contributed by atoms with E-state index in [0.717, 1.165) is 25.7 Å². The van der Waals surface area contributed by atoms with Crippen molar-refractivity contribution in [2.24, 2.45) is 0 Å². The number of carbonyl (C=O) groups is 2. The highest BCUT2D eigenvalue weighted by atomic mass is 19.4. The first kappa shape index (κ1) is 23.9. The van der Waals surface area contributed by atoms with Gasteiger partial charge in [-0.05, 0) is 37.8 Å². The van der Waals surface area contributed by atoms with Gasteiger partial charge in [0, 0.05) is 30.8 Å². The maximum absolute atomic E-state index is 13.0. The summed E-state index contributed by atoms with van der Waals surface area (Å²) in [5, 5.41) is 15.9. The first-order chi connectivity index (χ1) is 16.2. The molecule has 4 rings (SSSR count). The summed E-state index contributed by atoms with van der Waals surface area (Å²) in [5.41, 5.74) is 0.754. The molecule has 1 saturated carbocycles. The van der Waals surface area contributed by atoms with Crippen LogP contribution < -0.4 is 10.1 Å². The normalized spacial score (nSPS) is 18.5. The fourth-order valence-corrected chi connectivity index (χ4v) is 4.13. The number of aliphatic hydroxyl groups is 1. The largest absolute Gasteiger partial charge is 0.573 e. The molecule has 34 heavy (non-hydrogen) atoms. The molecule has 1 aromatic carbocycles. The lowest BCUT2D eigenvalue weighted by Crippen LogP contribution is -2.55. The van der Waals surface area contributed by atoms with Gasteiger partial charge in [-0.15, -0.1) is 13.2 Å². The Morgan fingerprint density at radius 3 is 2.74 bits per heavy atom. The topological polar surface area (TPSA) is 108 Å². The number of carbonyl (C=O) groups excluding carboxylic acids is 2. The van der Waals surface area contributed by atoms with Crippen molar-refractivity contribution in [1.29, 1.82) is 0 Å². The van der Waals surface area contributed by atoms with Crippen molar-refractivity contribution < 1.29 is 37.1 Å². The summed E-state index contributed by atoms with van der Waals surface area (Å²) >= 11 is 0. The summed E-state index contributed by atoms with van der Waals surface area (Å²) < 4.78 is 46.6. The monoisotopic (exact) mass is 482 g/mol. The molecule has 2 heterocycles. The number of piperidine rings is 1. The highest BCUT2D eigenvalue weighted by Crippen LogP contribution is 2.32. The van der Waals surface area contributed by atoms with Gasteiger partial charge in [-0.3, -0.25) is 4.79 Å². The first-order valence-corrected chi connectivity index (χ1v) is 11.0. The molecule has 1 aromatic heterocycles. The molecule has 1 aliphatic heterocycles. The van der Waals surface area contributed by atoms with Crippen molar-refractivity contribution in [3.8, 4) is 17.1 Å². The summed E-state index contributed by atoms with van der Waals surface area (Å²) in [6.07, 6.45) is -1.51. The molecule has 9 nitrogen and oxygen atoms in total. The third-order valence-corrected chi connectivity index (χ3v) is 5.78. The Labute approximate surface area is 193 Å². The molecule has 2 aromatic rings. The van der Waals surface area contributed by atoms with Crippen LogP contribution in [-0.4, -0.2) is 70.1 Å². The minimum atomic E-state index is -4.80. The van der Waals surface area contributed by atoms with Gasteiger partial charge in [0.1, 0.15) is 18.1 Å². The second-order valence-corrected chi connectivity index (χ2v) is 8.35. The smallest absolute Gasteiger partial charge is 0.406 e. The summed E-state index contributed by atoms with van der Waals surface area (Å²) in [4.78, 5) is 28.2. The minimum Gasteiger partial charge on any atom is -0.406 e. The molecule has 1 aliphatic carbocycles. The number of aliphatic hydroxyl groups excluding tert-OH is 1. The minimum absolute atomic E-state index is 0.0658. The summed E-state index contributed by atoms with van der Waals surface area (Å²) in [5.74, 6) is -0.487. The van der Waals surface area contributed by atoms with Crippen LogP contribution in [0.3, 0.4) is 0 Å². The van der Waals surface area contributed by atoms with E-state index in [1.54, 1.807) is 15.9 Å². The fourth-order valence-electron chi connectivity index (χ4n) is 4.13. The van der Waals surface area contributed by atoms with Gasteiger partial charge in [0.15, 0.2) is 5.76 Å². The number of likely N-dealkylation sites (tertiary alicyclic amines) is 1. The standard InChI is InChI=1S/C22H25F3N4O5/c23-22(24,25)33-18-5-1-3-14(9-18)19-10-15(27-34-19)11-26-21(32)29(16-6-7-16)17-4-2-8-28(12-17)20(31)13-30/h1,3,5,9-10,16-17,30H,2,4,6-8,11-13H2,(H,26,32)/t17-/m1/s1. The number of amides is 3. The molecule has 2 N–H and O–H groups in total. The molecule has 0 spiro atoms. The molecule has 2 aliphatic rings. The van der Waals surface area contributed by atoms with Crippen molar-refractivity contribution in [3.63, 3.8) is 0 Å². The maximum atomic E-state index is 13.0. The zero-order valence-electron chi connectivity index (χ0n) is 18.3. The number of aromatic nitrogens is 1. The molecule has 184 valence electrons. The van der Waals surface area contributed by atoms with E-state index >= 15 is 0 Å². The molecular weight excluding hydrogens is 457 g/mol. The number of benzene rings is 1. The number of halogens is 3. The zero-order valence-corrected chi connectivity index (χ0v) is 18.3. The lowest BCUT2D eigenvalue weighted by molar-refractivity contribution is -0.274. The van der Waals surface area contributed by atoms with E-state index in [1.807, 2.05) is 0 Å². The van der Waals surface area contributed by atoms with Crippen LogP contribution in [0.15, 0.2) is 34.9 Å². The summed E-state index contributed by atoms with van der Waals surface area (Å²) in [7, 11) is 0. The number of ether oxygens (including phenoxy) is 1. The van der Waals surface area contributed by atoms with E-state index in [2.05, 4.69) is 15.2 Å². The van der Waals surface area contributed by atoms with Crippen LogP contribution in [-0.2, 0) is 11.3 Å². The van der Waals surface area contributed by atoms with E-state index in [-0.39, 0.29) is 42.1 Å². The molecule has 12 heteroatoms. The molecule has 0 unspecified atom stereocenters. The van der Waals surface area contributed by atoms with Gasteiger partial charge in [0.2, 0.25) is 5.91 Å². The Hall–Kier alpha value is -3.28. The number of rotatable bonds is 7. The third kappa shape index (κ3) is 5.99. The highest BCUT2D eigenvalue weighted by Gasteiger charge is 2.39. The Morgan fingerprint density at radius 2 is 2.03 bits per heavy atom. The first-order valence-electron chi connectivity index (χ1n) is 11.0. The number of urea groups is 1. The van der Waals surface area contributed by atoms with Crippen LogP contribution >= 0.6 is 0 Å². The van der Waals surface area contributed by atoms with Gasteiger partial charge in [-0.1, -0.05) is 17.3 Å². The van der Waals surface area contributed by atoms with Crippen LogP contribution in [0.2, 0.25) is 0 Å². The van der Waals surface area contributed by atoms with Crippen molar-refractivity contribution in [3.05, 3.63) is 36.0 Å². The molecule has 0 radical (unpaired) electrons. The average molecular weight is 482 g/mol. The van der Waals surface area contributed by atoms with Crippen molar-refractivity contribution in [2.75, 3.05) is 19.7 Å². The molecular formula is C22H25F3N4O5. The van der Waals surface area contributed by atoms with Gasteiger partial charge >= 0.3 is 12.4 Å². The van der Waals surface area contributed by atoms with Crippen LogP contribution in [0.5, 0.6) is 5.75 Å². The highest BCUT2D eigenvalue weighted by molar-refractivity contribution is 5.78. The predicted octanol–water partition coefficient (Wildman–Crippen LogP) is 2.90. The number of hydrogen-bond donors (Lipinski definition) is 2. The Balaban J connectivity index is 1.37. The Kier molecular flexibility index (Phi) is 6.96. The van der Waals surface area contributed by atoms with Crippen LogP contribution in [0.1, 0.15) is 31.4 Å². The average Bonchev–Trinajstić information content (AvgIpc) is 3.51. The second kappa shape index (κ2) is 9.92. The van der Waals surface area contributed by atoms with Gasteiger partial charge < -0.3 is 29.5 Å². The molecule has 1 atom stereocenters.